The smallest absolute Gasteiger partial charge is 0.201 e. The third-order valence-corrected chi connectivity index (χ3v) is 2.74. The first-order valence-corrected chi connectivity index (χ1v) is 5.91. The molecule has 0 unspecified atom stereocenters. The fourth-order valence-electron chi connectivity index (χ4n) is 1.94. The molecule has 2 aromatic rings. The number of unbranched alkanes of at least 4 members (excludes halogenated alkanes) is 1. The predicted octanol–water partition coefficient (Wildman–Crippen LogP) is 3.39. The summed E-state index contributed by atoms with van der Waals surface area (Å²) in [6, 6.07) is 4.30. The van der Waals surface area contributed by atoms with Gasteiger partial charge in [0.05, 0.1) is 11.0 Å². The van der Waals surface area contributed by atoms with Crippen LogP contribution in [-0.4, -0.2) is 16.5 Å². The Kier molecular flexibility index (Phi) is 3.13. The molecule has 0 fully saturated rings. The summed E-state index contributed by atoms with van der Waals surface area (Å²) < 4.78 is 0. The Labute approximate surface area is 96.3 Å². The van der Waals surface area contributed by atoms with Crippen LogP contribution in [0.5, 0.6) is 0 Å². The molecule has 0 spiro atoms. The van der Waals surface area contributed by atoms with E-state index in [1.165, 1.54) is 24.0 Å². The molecule has 1 heterocycles. The third kappa shape index (κ3) is 2.18. The number of H-pyrrole nitrogens is 1. The lowest BCUT2D eigenvalue weighted by Crippen LogP contribution is -2.01. The molecule has 16 heavy (non-hydrogen) atoms. The van der Waals surface area contributed by atoms with Gasteiger partial charge in [0.1, 0.15) is 0 Å². The summed E-state index contributed by atoms with van der Waals surface area (Å²) in [5.74, 6) is 0.886. The molecule has 0 radical (unpaired) electrons. The molecule has 0 atom stereocenters. The number of rotatable bonds is 4. The van der Waals surface area contributed by atoms with Crippen molar-refractivity contribution in [2.45, 2.75) is 33.6 Å². The van der Waals surface area contributed by atoms with Gasteiger partial charge in [0, 0.05) is 6.54 Å². The lowest BCUT2D eigenvalue weighted by atomic mass is 10.1. The minimum Gasteiger partial charge on any atom is -0.356 e. The summed E-state index contributed by atoms with van der Waals surface area (Å²) in [5.41, 5.74) is 4.70. The highest BCUT2D eigenvalue weighted by molar-refractivity contribution is 5.81. The Morgan fingerprint density at radius 2 is 2.12 bits per heavy atom. The molecule has 0 aliphatic rings. The number of aromatic amines is 1. The molecule has 0 aliphatic heterocycles. The Morgan fingerprint density at radius 1 is 1.31 bits per heavy atom. The van der Waals surface area contributed by atoms with E-state index in [9.17, 15) is 0 Å². The van der Waals surface area contributed by atoms with E-state index in [1.807, 2.05) is 0 Å². The third-order valence-electron chi connectivity index (χ3n) is 2.74. The van der Waals surface area contributed by atoms with Crippen molar-refractivity contribution in [3.05, 3.63) is 23.3 Å². The zero-order chi connectivity index (χ0) is 11.5. The summed E-state index contributed by atoms with van der Waals surface area (Å²) in [6.45, 7) is 7.38. The van der Waals surface area contributed by atoms with Gasteiger partial charge < -0.3 is 10.3 Å². The number of hydrogen-bond donors (Lipinski definition) is 2. The Balaban J connectivity index is 2.26. The van der Waals surface area contributed by atoms with E-state index in [-0.39, 0.29) is 0 Å². The van der Waals surface area contributed by atoms with Crippen molar-refractivity contribution >= 4 is 17.0 Å². The topological polar surface area (TPSA) is 40.7 Å². The van der Waals surface area contributed by atoms with Crippen LogP contribution in [0.25, 0.3) is 11.0 Å². The number of aromatic nitrogens is 2. The SMILES string of the molecule is CCCCNc1nc2c(C)cc(C)cc2[nH]1. The van der Waals surface area contributed by atoms with Crippen molar-refractivity contribution in [3.8, 4) is 0 Å². The van der Waals surface area contributed by atoms with Gasteiger partial charge in [-0.25, -0.2) is 4.98 Å². The normalized spacial score (nSPS) is 10.9. The Hall–Kier alpha value is -1.51. The maximum absolute atomic E-state index is 4.56. The molecule has 0 bridgehead atoms. The highest BCUT2D eigenvalue weighted by Gasteiger charge is 2.05. The van der Waals surface area contributed by atoms with Crippen LogP contribution in [-0.2, 0) is 0 Å². The molecule has 3 nitrogen and oxygen atoms in total. The molecule has 0 aliphatic carbocycles. The van der Waals surface area contributed by atoms with Crippen LogP contribution in [0.2, 0.25) is 0 Å². The van der Waals surface area contributed by atoms with E-state index in [2.05, 4.69) is 48.2 Å². The summed E-state index contributed by atoms with van der Waals surface area (Å²) in [7, 11) is 0. The quantitative estimate of drug-likeness (QED) is 0.771. The molecule has 0 saturated carbocycles. The maximum Gasteiger partial charge on any atom is 0.201 e. The van der Waals surface area contributed by atoms with Gasteiger partial charge in [-0.3, -0.25) is 0 Å². The van der Waals surface area contributed by atoms with Crippen LogP contribution in [0.3, 0.4) is 0 Å². The van der Waals surface area contributed by atoms with E-state index in [4.69, 9.17) is 0 Å². The first-order valence-electron chi connectivity index (χ1n) is 5.91. The van der Waals surface area contributed by atoms with E-state index in [1.54, 1.807) is 0 Å². The molecule has 0 saturated heterocycles. The Morgan fingerprint density at radius 3 is 2.88 bits per heavy atom. The van der Waals surface area contributed by atoms with E-state index in [0.717, 1.165) is 23.5 Å². The van der Waals surface area contributed by atoms with E-state index in [0.29, 0.717) is 0 Å². The molecule has 86 valence electrons. The highest BCUT2D eigenvalue weighted by Crippen LogP contribution is 2.19. The van der Waals surface area contributed by atoms with Gasteiger partial charge in [0.15, 0.2) is 0 Å². The van der Waals surface area contributed by atoms with E-state index < -0.39 is 0 Å². The number of aryl methyl sites for hydroxylation is 2. The minimum atomic E-state index is 0.886. The maximum atomic E-state index is 4.56. The zero-order valence-corrected chi connectivity index (χ0v) is 10.2. The number of anilines is 1. The summed E-state index contributed by atoms with van der Waals surface area (Å²) in [6.07, 6.45) is 2.38. The number of imidazole rings is 1. The van der Waals surface area contributed by atoms with Crippen molar-refractivity contribution in [3.63, 3.8) is 0 Å². The second kappa shape index (κ2) is 4.56. The van der Waals surface area contributed by atoms with Gasteiger partial charge in [-0.1, -0.05) is 19.4 Å². The van der Waals surface area contributed by atoms with E-state index >= 15 is 0 Å². The molecule has 1 aromatic heterocycles. The van der Waals surface area contributed by atoms with Crippen molar-refractivity contribution in [2.24, 2.45) is 0 Å². The minimum absolute atomic E-state index is 0.886. The van der Waals surface area contributed by atoms with Crippen molar-refractivity contribution in [1.29, 1.82) is 0 Å². The summed E-state index contributed by atoms with van der Waals surface area (Å²) in [4.78, 5) is 7.87. The lowest BCUT2D eigenvalue weighted by Gasteiger charge is -1.98. The average molecular weight is 217 g/mol. The van der Waals surface area contributed by atoms with Gasteiger partial charge in [0.2, 0.25) is 5.95 Å². The van der Waals surface area contributed by atoms with Gasteiger partial charge in [-0.15, -0.1) is 0 Å². The van der Waals surface area contributed by atoms with Crippen LogP contribution in [0.15, 0.2) is 12.1 Å². The number of fused-ring (bicyclic) bond motifs is 1. The zero-order valence-electron chi connectivity index (χ0n) is 10.2. The van der Waals surface area contributed by atoms with Crippen LogP contribution < -0.4 is 5.32 Å². The average Bonchev–Trinajstić information content (AvgIpc) is 2.61. The number of hydrogen-bond acceptors (Lipinski definition) is 2. The highest BCUT2D eigenvalue weighted by atomic mass is 15.1. The van der Waals surface area contributed by atoms with Crippen molar-refractivity contribution in [1.82, 2.24) is 9.97 Å². The fourth-order valence-corrected chi connectivity index (χ4v) is 1.94. The van der Waals surface area contributed by atoms with Gasteiger partial charge in [-0.2, -0.15) is 0 Å². The van der Waals surface area contributed by atoms with Crippen LogP contribution in [0.4, 0.5) is 5.95 Å². The van der Waals surface area contributed by atoms with Gasteiger partial charge in [-0.05, 0) is 37.5 Å². The largest absolute Gasteiger partial charge is 0.356 e. The second-order valence-corrected chi connectivity index (χ2v) is 4.34. The molecule has 0 amide bonds. The number of nitrogens with zero attached hydrogens (tertiary/aromatic N) is 1. The first-order chi connectivity index (χ1) is 7.70. The Bertz CT molecular complexity index is 485. The molecule has 3 heteroatoms. The molecular weight excluding hydrogens is 198 g/mol. The van der Waals surface area contributed by atoms with Gasteiger partial charge in [0.25, 0.3) is 0 Å². The van der Waals surface area contributed by atoms with Crippen LogP contribution >= 0.6 is 0 Å². The fraction of sp³-hybridized carbons (Fsp3) is 0.462. The first kappa shape index (κ1) is 11.0. The predicted molar refractivity (Wildman–Crippen MR) is 69.0 cm³/mol. The molecular formula is C13H19N3. The molecule has 2 rings (SSSR count). The second-order valence-electron chi connectivity index (χ2n) is 4.34. The summed E-state index contributed by atoms with van der Waals surface area (Å²) in [5, 5.41) is 3.32. The van der Waals surface area contributed by atoms with Crippen molar-refractivity contribution < 1.29 is 0 Å². The summed E-state index contributed by atoms with van der Waals surface area (Å²) >= 11 is 0. The van der Waals surface area contributed by atoms with Crippen LogP contribution in [0.1, 0.15) is 30.9 Å². The lowest BCUT2D eigenvalue weighted by molar-refractivity contribution is 0.829. The van der Waals surface area contributed by atoms with Gasteiger partial charge >= 0.3 is 0 Å². The van der Waals surface area contributed by atoms with Crippen molar-refractivity contribution in [2.75, 3.05) is 11.9 Å². The molecule has 2 N–H and O–H groups in total. The van der Waals surface area contributed by atoms with Crippen LogP contribution in [0, 0.1) is 13.8 Å². The molecule has 1 aromatic carbocycles. The number of benzene rings is 1. The monoisotopic (exact) mass is 217 g/mol. The number of nitrogens with one attached hydrogen (secondary N) is 2. The standard InChI is InChI=1S/C13H19N3/c1-4-5-6-14-13-15-11-8-9(2)7-10(3)12(11)16-13/h7-8H,4-6H2,1-3H3,(H2,14,15,16).